The Balaban J connectivity index is 1.46. The zero-order valence-corrected chi connectivity index (χ0v) is 18.7. The van der Waals surface area contributed by atoms with Gasteiger partial charge in [0.15, 0.2) is 9.45 Å². The molecule has 2 aromatic carbocycles. The average Bonchev–Trinajstić information content (AvgIpc) is 3.15. The van der Waals surface area contributed by atoms with E-state index in [-0.39, 0.29) is 22.2 Å². The first-order chi connectivity index (χ1) is 14.5. The number of para-hydroxylation sites is 1. The number of carbonyl (C=O) groups is 2. The van der Waals surface area contributed by atoms with Gasteiger partial charge in [-0.25, -0.2) is 9.78 Å². The third-order valence-corrected chi connectivity index (χ3v) is 6.31. The Bertz CT molecular complexity index is 1020. The number of benzene rings is 2. The molecule has 1 heterocycles. The van der Waals surface area contributed by atoms with Crippen LogP contribution >= 0.6 is 35.3 Å². The summed E-state index contributed by atoms with van der Waals surface area (Å²) in [6.45, 7) is 3.88. The molecule has 0 fully saturated rings. The van der Waals surface area contributed by atoms with E-state index in [0.29, 0.717) is 17.9 Å². The molecular formula is C20H20N4O3S3. The van der Waals surface area contributed by atoms with Gasteiger partial charge in [0.2, 0.25) is 0 Å². The maximum atomic E-state index is 12.3. The summed E-state index contributed by atoms with van der Waals surface area (Å²) in [7, 11) is 0. The fourth-order valence-electron chi connectivity index (χ4n) is 2.39. The molecule has 0 spiro atoms. The maximum Gasteiger partial charge on any atom is 0.338 e. The van der Waals surface area contributed by atoms with Gasteiger partial charge in [0, 0.05) is 5.69 Å². The molecule has 7 nitrogen and oxygen atoms in total. The predicted octanol–water partition coefficient (Wildman–Crippen LogP) is 3.97. The first-order valence-electron chi connectivity index (χ1n) is 9.12. The molecule has 30 heavy (non-hydrogen) atoms. The Kier molecular flexibility index (Phi) is 7.61. The number of aromatic nitrogens is 1. The van der Waals surface area contributed by atoms with E-state index in [4.69, 9.17) is 17.0 Å². The van der Waals surface area contributed by atoms with Crippen LogP contribution in [-0.4, -0.2) is 33.8 Å². The highest BCUT2D eigenvalue weighted by Gasteiger charge is 2.17. The van der Waals surface area contributed by atoms with Crippen molar-refractivity contribution >= 4 is 68.2 Å². The van der Waals surface area contributed by atoms with Gasteiger partial charge in [-0.3, -0.25) is 15.6 Å². The number of carbonyl (C=O) groups excluding carboxylic acids is 2. The summed E-state index contributed by atoms with van der Waals surface area (Å²) in [4.78, 5) is 28.5. The fraction of sp³-hybridized carbons (Fsp3) is 0.200. The minimum atomic E-state index is -0.378. The summed E-state index contributed by atoms with van der Waals surface area (Å²) in [5, 5.41) is 2.81. The van der Waals surface area contributed by atoms with Gasteiger partial charge in [0.1, 0.15) is 0 Å². The summed E-state index contributed by atoms with van der Waals surface area (Å²) in [6, 6.07) is 14.5. The molecule has 3 aromatic rings. The summed E-state index contributed by atoms with van der Waals surface area (Å²) >= 11 is 8.14. The molecule has 1 amide bonds. The van der Waals surface area contributed by atoms with E-state index in [2.05, 4.69) is 21.2 Å². The smallest absolute Gasteiger partial charge is 0.338 e. The number of fused-ring (bicyclic) bond motifs is 1. The summed E-state index contributed by atoms with van der Waals surface area (Å²) < 4.78 is 6.87. The van der Waals surface area contributed by atoms with Crippen LogP contribution in [0.5, 0.6) is 0 Å². The van der Waals surface area contributed by atoms with Crippen LogP contribution in [0.2, 0.25) is 0 Å². The molecule has 0 aliphatic carbocycles. The number of hydrogen-bond acceptors (Lipinski definition) is 7. The van der Waals surface area contributed by atoms with E-state index in [1.54, 1.807) is 49.4 Å². The van der Waals surface area contributed by atoms with Crippen molar-refractivity contribution in [2.24, 2.45) is 0 Å². The van der Waals surface area contributed by atoms with Crippen molar-refractivity contribution < 1.29 is 14.3 Å². The molecule has 3 rings (SSSR count). The summed E-state index contributed by atoms with van der Waals surface area (Å²) in [5.74, 6) is -0.599. The van der Waals surface area contributed by atoms with Crippen LogP contribution in [0, 0.1) is 0 Å². The second kappa shape index (κ2) is 10.4. The highest BCUT2D eigenvalue weighted by molar-refractivity contribution is 8.02. The van der Waals surface area contributed by atoms with Crippen LogP contribution in [0.3, 0.4) is 0 Å². The number of anilines is 1. The van der Waals surface area contributed by atoms with Crippen LogP contribution in [-0.2, 0) is 9.53 Å². The van der Waals surface area contributed by atoms with Crippen LogP contribution in [0.25, 0.3) is 10.2 Å². The fourth-order valence-corrected chi connectivity index (χ4v) is 4.77. The Labute approximate surface area is 187 Å². The maximum absolute atomic E-state index is 12.3. The normalized spacial score (nSPS) is 11.5. The van der Waals surface area contributed by atoms with Gasteiger partial charge in [0.25, 0.3) is 5.91 Å². The number of rotatable bonds is 6. The molecule has 0 aliphatic rings. The van der Waals surface area contributed by atoms with Gasteiger partial charge in [-0.2, -0.15) is 0 Å². The third-order valence-electron chi connectivity index (χ3n) is 3.87. The highest BCUT2D eigenvalue weighted by atomic mass is 32.2. The topological polar surface area (TPSA) is 92.4 Å². The first kappa shape index (κ1) is 22.0. The van der Waals surface area contributed by atoms with Crippen molar-refractivity contribution in [3.05, 3.63) is 54.1 Å². The first-order valence-corrected chi connectivity index (χ1v) is 11.2. The Morgan fingerprint density at radius 2 is 1.90 bits per heavy atom. The van der Waals surface area contributed by atoms with Gasteiger partial charge in [-0.05, 0) is 62.5 Å². The van der Waals surface area contributed by atoms with Crippen molar-refractivity contribution in [3.63, 3.8) is 0 Å². The zero-order valence-electron chi connectivity index (χ0n) is 16.3. The molecule has 0 saturated carbocycles. The summed E-state index contributed by atoms with van der Waals surface area (Å²) in [5.41, 5.74) is 7.33. The number of hydrazine groups is 1. The molecule has 0 bridgehead atoms. The number of thiocarbonyl (C=S) groups is 1. The Morgan fingerprint density at radius 1 is 1.17 bits per heavy atom. The quantitative estimate of drug-likeness (QED) is 0.220. The number of hydrogen-bond donors (Lipinski definition) is 3. The molecular weight excluding hydrogens is 440 g/mol. The second-order valence-electron chi connectivity index (χ2n) is 6.07. The van der Waals surface area contributed by atoms with Crippen molar-refractivity contribution in [1.82, 2.24) is 15.8 Å². The van der Waals surface area contributed by atoms with Crippen molar-refractivity contribution in [2.45, 2.75) is 23.4 Å². The molecule has 0 radical (unpaired) electrons. The lowest BCUT2D eigenvalue weighted by Gasteiger charge is -2.14. The predicted molar refractivity (Wildman–Crippen MR) is 125 cm³/mol. The lowest BCUT2D eigenvalue weighted by molar-refractivity contribution is -0.120. The zero-order chi connectivity index (χ0) is 21.5. The minimum absolute atomic E-state index is 0.221. The minimum Gasteiger partial charge on any atom is -0.462 e. The van der Waals surface area contributed by atoms with Crippen LogP contribution < -0.4 is 16.2 Å². The average molecular weight is 461 g/mol. The largest absolute Gasteiger partial charge is 0.462 e. The SMILES string of the molecule is CCOC(=O)c1ccc(NC(=S)NNC(=O)[C@@H](C)Sc2nc3ccccc3s2)cc1. The van der Waals surface area contributed by atoms with Crippen LogP contribution in [0.1, 0.15) is 24.2 Å². The van der Waals surface area contributed by atoms with Gasteiger partial charge in [-0.1, -0.05) is 23.9 Å². The van der Waals surface area contributed by atoms with Gasteiger partial charge >= 0.3 is 5.97 Å². The highest BCUT2D eigenvalue weighted by Crippen LogP contribution is 2.31. The van der Waals surface area contributed by atoms with Crippen molar-refractivity contribution in [2.75, 3.05) is 11.9 Å². The molecule has 0 saturated heterocycles. The molecule has 0 unspecified atom stereocenters. The number of esters is 1. The van der Waals surface area contributed by atoms with E-state index in [0.717, 1.165) is 14.6 Å². The number of ether oxygens (including phenoxy) is 1. The van der Waals surface area contributed by atoms with E-state index < -0.39 is 0 Å². The standard InChI is InChI=1S/C20H20N4O3S3/c1-3-27-18(26)13-8-10-14(11-9-13)21-19(28)24-23-17(25)12(2)29-20-22-15-6-4-5-7-16(15)30-20/h4-12H,3H2,1-2H3,(H,23,25)(H2,21,24,28)/t12-/m1/s1. The molecule has 1 atom stereocenters. The number of thioether (sulfide) groups is 1. The van der Waals surface area contributed by atoms with Gasteiger partial charge in [0.05, 0.1) is 27.6 Å². The van der Waals surface area contributed by atoms with Gasteiger partial charge in [-0.15, -0.1) is 11.3 Å². The molecule has 1 aromatic heterocycles. The Hall–Kier alpha value is -2.69. The van der Waals surface area contributed by atoms with E-state index >= 15 is 0 Å². The summed E-state index contributed by atoms with van der Waals surface area (Å²) in [6.07, 6.45) is 0. The Morgan fingerprint density at radius 3 is 2.60 bits per heavy atom. The van der Waals surface area contributed by atoms with Crippen molar-refractivity contribution in [1.29, 1.82) is 0 Å². The molecule has 0 aliphatic heterocycles. The van der Waals surface area contributed by atoms with Crippen LogP contribution in [0.4, 0.5) is 5.69 Å². The van der Waals surface area contributed by atoms with Crippen LogP contribution in [0.15, 0.2) is 52.9 Å². The third kappa shape index (κ3) is 5.91. The lowest BCUT2D eigenvalue weighted by Crippen LogP contribution is -2.46. The molecule has 10 heteroatoms. The van der Waals surface area contributed by atoms with E-state index in [1.165, 1.54) is 11.8 Å². The second-order valence-corrected chi connectivity index (χ2v) is 9.10. The van der Waals surface area contributed by atoms with E-state index in [9.17, 15) is 9.59 Å². The number of nitrogens with zero attached hydrogens (tertiary/aromatic N) is 1. The molecule has 3 N–H and O–H groups in total. The number of nitrogens with one attached hydrogen (secondary N) is 3. The van der Waals surface area contributed by atoms with Crippen molar-refractivity contribution in [3.8, 4) is 0 Å². The lowest BCUT2D eigenvalue weighted by atomic mass is 10.2. The number of thiazole rings is 1. The number of amides is 1. The van der Waals surface area contributed by atoms with E-state index in [1.807, 2.05) is 24.3 Å². The monoisotopic (exact) mass is 460 g/mol. The molecule has 156 valence electrons. The van der Waals surface area contributed by atoms with Gasteiger partial charge < -0.3 is 10.1 Å².